The van der Waals surface area contributed by atoms with Crippen molar-refractivity contribution in [2.24, 2.45) is 11.3 Å². The number of aromatic amines is 1. The average Bonchev–Trinajstić information content (AvgIpc) is 3.89. The molecule has 400 valence electrons. The number of hydrogen-bond acceptors (Lipinski definition) is 13. The van der Waals surface area contributed by atoms with Gasteiger partial charge in [-0.2, -0.15) is 0 Å². The normalized spacial score (nSPS) is 22.4. The third-order valence-electron chi connectivity index (χ3n) is 16.8. The second-order valence-corrected chi connectivity index (χ2v) is 25.1. The number of ether oxygens (including phenoxy) is 2. The van der Waals surface area contributed by atoms with E-state index in [1.807, 2.05) is 0 Å². The Morgan fingerprint density at radius 3 is 2.55 bits per heavy atom. The van der Waals surface area contributed by atoms with Crippen molar-refractivity contribution in [3.8, 4) is 17.2 Å². The number of carbonyl (C=O) groups excluding carboxylic acids is 1. The van der Waals surface area contributed by atoms with Crippen LogP contribution in [-0.4, -0.2) is 102 Å². The Balaban J connectivity index is 0.792. The molecule has 16 nitrogen and oxygen atoms in total. The summed E-state index contributed by atoms with van der Waals surface area (Å²) >= 11 is 0. The lowest BCUT2D eigenvalue weighted by molar-refractivity contribution is -0.384. The first-order chi connectivity index (χ1) is 36.2. The number of aliphatic hydroxyl groups is 1. The van der Waals surface area contributed by atoms with Gasteiger partial charge in [0.25, 0.3) is 21.6 Å². The number of rotatable bonds is 15. The average molecular weight is 1060 g/mol. The van der Waals surface area contributed by atoms with E-state index in [2.05, 4.69) is 105 Å². The molecule has 0 unspecified atom stereocenters. The number of nitro groups is 1. The van der Waals surface area contributed by atoms with Crippen LogP contribution in [0.5, 0.6) is 17.2 Å². The fourth-order valence-electron chi connectivity index (χ4n) is 12.5. The van der Waals surface area contributed by atoms with Gasteiger partial charge in [-0.05, 0) is 110 Å². The number of piperazine rings is 1. The largest absolute Gasteiger partial charge is 0.492 e. The zero-order valence-electron chi connectivity index (χ0n) is 43.8. The van der Waals surface area contributed by atoms with Crippen molar-refractivity contribution in [3.05, 3.63) is 141 Å². The molecule has 5 heterocycles. The molecule has 1 amide bonds. The molecule has 0 radical (unpaired) electrons. The van der Waals surface area contributed by atoms with Crippen molar-refractivity contribution in [1.82, 2.24) is 24.5 Å². The molecule has 2 saturated heterocycles. The first-order valence-corrected chi connectivity index (χ1v) is 28.0. The maximum atomic E-state index is 14.7. The van der Waals surface area contributed by atoms with E-state index < -0.39 is 42.9 Å². The number of halogens is 1. The van der Waals surface area contributed by atoms with Crippen LogP contribution in [0.25, 0.3) is 11.0 Å². The van der Waals surface area contributed by atoms with Gasteiger partial charge >= 0.3 is 0 Å². The Labute approximate surface area is 443 Å². The monoisotopic (exact) mass is 1050 g/mol. The van der Waals surface area contributed by atoms with Crippen LogP contribution in [0.15, 0.2) is 102 Å². The Kier molecular flexibility index (Phi) is 13.4. The molecule has 4 fully saturated rings. The highest BCUT2D eigenvalue weighted by Gasteiger charge is 2.55. The summed E-state index contributed by atoms with van der Waals surface area (Å²) < 4.78 is 57.0. The first kappa shape index (κ1) is 51.5. The lowest BCUT2D eigenvalue weighted by Gasteiger charge is -2.63. The highest BCUT2D eigenvalue weighted by Crippen LogP contribution is 2.54. The first-order valence-electron chi connectivity index (χ1n) is 26.6. The molecule has 2 aromatic heterocycles. The quantitative estimate of drug-likeness (QED) is 0.0561. The zero-order valence-corrected chi connectivity index (χ0v) is 44.6. The maximum Gasteiger partial charge on any atom is 0.293 e. The number of nitrogens with one attached hydrogen (secondary N) is 3. The number of pyridine rings is 1. The molecular weight excluding hydrogens is 988 g/mol. The Bertz CT molecular complexity index is 3320. The summed E-state index contributed by atoms with van der Waals surface area (Å²) in [7, 11) is -4.65. The van der Waals surface area contributed by atoms with Gasteiger partial charge in [-0.3, -0.25) is 24.7 Å². The summed E-state index contributed by atoms with van der Waals surface area (Å²) in [6.07, 6.45) is 7.37. The van der Waals surface area contributed by atoms with Crippen LogP contribution in [0.4, 0.5) is 21.5 Å². The van der Waals surface area contributed by atoms with E-state index in [1.165, 1.54) is 58.9 Å². The van der Waals surface area contributed by atoms with Gasteiger partial charge in [0.2, 0.25) is 0 Å². The van der Waals surface area contributed by atoms with E-state index in [1.54, 1.807) is 19.1 Å². The third-order valence-corrected chi connectivity index (χ3v) is 18.2. The van der Waals surface area contributed by atoms with Crippen LogP contribution in [0, 0.1) is 27.3 Å². The van der Waals surface area contributed by atoms with Crippen LogP contribution in [-0.2, 0) is 22.0 Å². The summed E-state index contributed by atoms with van der Waals surface area (Å²) in [5.41, 5.74) is 5.32. The van der Waals surface area contributed by atoms with Crippen molar-refractivity contribution in [2.75, 3.05) is 56.1 Å². The molecule has 6 aromatic rings. The van der Waals surface area contributed by atoms with Gasteiger partial charge in [0.05, 0.1) is 39.2 Å². The van der Waals surface area contributed by atoms with E-state index >= 15 is 0 Å². The van der Waals surface area contributed by atoms with Crippen molar-refractivity contribution in [1.29, 1.82) is 0 Å². The van der Waals surface area contributed by atoms with Crippen LogP contribution in [0.1, 0.15) is 118 Å². The van der Waals surface area contributed by atoms with Crippen LogP contribution in [0.2, 0.25) is 0 Å². The van der Waals surface area contributed by atoms with Gasteiger partial charge in [-0.1, -0.05) is 64.1 Å². The molecule has 5 aliphatic rings. The van der Waals surface area contributed by atoms with Crippen molar-refractivity contribution in [2.45, 2.75) is 114 Å². The van der Waals surface area contributed by atoms with Crippen LogP contribution >= 0.6 is 0 Å². The Morgan fingerprint density at radius 1 is 1.01 bits per heavy atom. The molecule has 1 spiro atoms. The maximum absolute atomic E-state index is 14.7. The number of nitro benzene ring substituents is 1. The topological polar surface area (TPSA) is 195 Å². The molecule has 1 atom stereocenters. The zero-order chi connectivity index (χ0) is 53.3. The third kappa shape index (κ3) is 10.2. The highest BCUT2D eigenvalue weighted by molar-refractivity contribution is 7.90. The predicted octanol–water partition coefficient (Wildman–Crippen LogP) is 10.2. The highest BCUT2D eigenvalue weighted by atomic mass is 32.2. The molecule has 3 aliphatic heterocycles. The summed E-state index contributed by atoms with van der Waals surface area (Å²) in [4.78, 5) is 39.8. The summed E-state index contributed by atoms with van der Waals surface area (Å²) in [6, 6.07) is 26.2. The second-order valence-electron chi connectivity index (χ2n) is 23.4. The Hall–Kier alpha value is -6.60. The van der Waals surface area contributed by atoms with Gasteiger partial charge in [-0.15, -0.1) is 0 Å². The fourth-order valence-corrected chi connectivity index (χ4v) is 13.4. The minimum absolute atomic E-state index is 0.0160. The van der Waals surface area contributed by atoms with Gasteiger partial charge in [0.15, 0.2) is 0 Å². The molecule has 4 N–H and O–H groups in total. The lowest BCUT2D eigenvalue weighted by atomic mass is 9.59. The SMILES string of the molecule is CC(C)c1ccccc1[C@@H]1CN(Cc2ccc3c(c2)OCC3(C)C)CCN1C1CC2(C1)CN(c1ccc(C(=O)NS(=O)(=O)c3ccc(NCC4CCC(C)(O)CC4)c([N+](=O)[O-])c3)c(Oc3cnc4[nH]cc(F)c4c3)c1)C2. The van der Waals surface area contributed by atoms with Gasteiger partial charge in [0, 0.05) is 98.3 Å². The number of carbonyl (C=O) groups is 1. The van der Waals surface area contributed by atoms with Crippen LogP contribution in [0.3, 0.4) is 0 Å². The Morgan fingerprint density at radius 2 is 1.79 bits per heavy atom. The summed E-state index contributed by atoms with van der Waals surface area (Å²) in [5.74, 6) is 0.138. The number of H-pyrrole nitrogens is 1. The minimum Gasteiger partial charge on any atom is -0.492 e. The standard InChI is InChI=1S/C58H67FN8O8S/c1-36(2)43-8-6-7-9-44(43)51-32-64(31-38-10-14-47-53(22-38)74-35-56(47,3)4)20-21-66(51)40-26-58(27-40)33-65(34-58)39-11-13-45(52(23-39)75-41-24-46-48(59)30-62-54(46)61-29-41)55(68)63-76(72,73)42-12-15-49(50(25-42)67(70)71)60-28-37-16-18-57(5,69)19-17-37/h6-15,22-25,29-30,36-37,40,51,60,69H,16-21,26-28,31-35H2,1-5H3,(H,61,62)(H,63,68)/t37?,51-,57?/m0/s1. The molecule has 0 bridgehead atoms. The summed E-state index contributed by atoms with van der Waals surface area (Å²) in [6.45, 7) is 17.2. The van der Waals surface area contributed by atoms with Gasteiger partial charge in [-0.25, -0.2) is 22.5 Å². The van der Waals surface area contributed by atoms with Gasteiger partial charge < -0.3 is 29.8 Å². The van der Waals surface area contributed by atoms with Crippen molar-refractivity contribution < 1.29 is 37.1 Å². The van der Waals surface area contributed by atoms with E-state index in [0.29, 0.717) is 43.6 Å². The molecule has 2 saturated carbocycles. The molecule has 11 rings (SSSR count). The van der Waals surface area contributed by atoms with Gasteiger partial charge in [0.1, 0.15) is 34.4 Å². The number of aromatic nitrogens is 2. The van der Waals surface area contributed by atoms with Crippen LogP contribution < -0.4 is 24.4 Å². The molecular formula is C58H67FN8O8S. The van der Waals surface area contributed by atoms with E-state index in [0.717, 1.165) is 82.5 Å². The minimum atomic E-state index is -4.65. The smallest absolute Gasteiger partial charge is 0.293 e. The number of amides is 1. The number of nitrogens with zero attached hydrogens (tertiary/aromatic N) is 5. The van der Waals surface area contributed by atoms with Crippen molar-refractivity contribution >= 4 is 44.0 Å². The fraction of sp³-hybridized carbons (Fsp3) is 0.448. The van der Waals surface area contributed by atoms with E-state index in [-0.39, 0.29) is 50.9 Å². The molecule has 2 aliphatic carbocycles. The number of benzene rings is 4. The predicted molar refractivity (Wildman–Crippen MR) is 289 cm³/mol. The molecule has 76 heavy (non-hydrogen) atoms. The number of sulfonamides is 1. The number of anilines is 2. The lowest BCUT2D eigenvalue weighted by Crippen LogP contribution is -2.68. The molecule has 18 heteroatoms. The van der Waals surface area contributed by atoms with E-state index in [4.69, 9.17) is 9.47 Å². The summed E-state index contributed by atoms with van der Waals surface area (Å²) in [5, 5.41) is 25.9. The molecule has 4 aromatic carbocycles. The number of hydrogen-bond donors (Lipinski definition) is 4. The second kappa shape index (κ2) is 19.8. The van der Waals surface area contributed by atoms with Crippen molar-refractivity contribution in [3.63, 3.8) is 0 Å². The van der Waals surface area contributed by atoms with E-state index in [9.17, 15) is 32.8 Å². The number of fused-ring (bicyclic) bond motifs is 2.